The molecule has 0 radical (unpaired) electrons. The van der Waals surface area contributed by atoms with Crippen molar-refractivity contribution in [3.8, 4) is 5.75 Å². The molecule has 1 amide bonds. The largest absolute Gasteiger partial charge is 0.487 e. The average Bonchev–Trinajstić information content (AvgIpc) is 3.48. The van der Waals surface area contributed by atoms with Crippen molar-refractivity contribution in [2.24, 2.45) is 5.92 Å². The number of benzene rings is 1. The van der Waals surface area contributed by atoms with E-state index in [2.05, 4.69) is 32.4 Å². The molecule has 2 saturated carbocycles. The quantitative estimate of drug-likeness (QED) is 0.402. The summed E-state index contributed by atoms with van der Waals surface area (Å²) in [5.74, 6) is 1.71. The molecule has 1 aromatic carbocycles. The second-order valence-electron chi connectivity index (χ2n) is 8.45. The predicted octanol–water partition coefficient (Wildman–Crippen LogP) is 5.55. The lowest BCUT2D eigenvalue weighted by molar-refractivity contribution is -0.117. The highest BCUT2D eigenvalue weighted by Gasteiger charge is 2.30. The Bertz CT molecular complexity index is 1290. The van der Waals surface area contributed by atoms with Crippen LogP contribution in [0.1, 0.15) is 44.9 Å². The highest BCUT2D eigenvalue weighted by atomic mass is 32.2. The molecule has 7 nitrogen and oxygen atoms in total. The zero-order valence-corrected chi connectivity index (χ0v) is 19.1. The van der Waals surface area contributed by atoms with Gasteiger partial charge in [0.1, 0.15) is 5.03 Å². The maximum absolute atomic E-state index is 12.0. The van der Waals surface area contributed by atoms with Crippen LogP contribution in [0.4, 0.5) is 5.13 Å². The van der Waals surface area contributed by atoms with Crippen molar-refractivity contribution in [3.05, 3.63) is 36.8 Å². The number of carbonyl (C=O) groups is 1. The minimum absolute atomic E-state index is 0.0862. The molecule has 0 saturated heterocycles. The molecule has 0 aliphatic heterocycles. The lowest BCUT2D eigenvalue weighted by Gasteiger charge is -2.22. The molecule has 4 aromatic rings. The van der Waals surface area contributed by atoms with Gasteiger partial charge in [0.15, 0.2) is 10.9 Å². The Kier molecular flexibility index (Phi) is 5.23. The van der Waals surface area contributed by atoms with Crippen LogP contribution < -0.4 is 10.1 Å². The van der Waals surface area contributed by atoms with Gasteiger partial charge in [0.25, 0.3) is 0 Å². The summed E-state index contributed by atoms with van der Waals surface area (Å²) < 4.78 is 9.23. The van der Waals surface area contributed by atoms with Crippen LogP contribution in [0.5, 0.6) is 5.75 Å². The summed E-state index contributed by atoms with van der Waals surface area (Å²) >= 11 is 3.14. The molecule has 6 rings (SSSR count). The van der Waals surface area contributed by atoms with Gasteiger partial charge in [-0.05, 0) is 56.7 Å². The molecule has 2 aliphatic rings. The molecule has 32 heavy (non-hydrogen) atoms. The summed E-state index contributed by atoms with van der Waals surface area (Å²) in [7, 11) is 0. The van der Waals surface area contributed by atoms with E-state index in [4.69, 9.17) is 4.74 Å². The molecule has 3 aromatic heterocycles. The van der Waals surface area contributed by atoms with Gasteiger partial charge < -0.3 is 10.1 Å². The molecule has 3 heterocycles. The first-order chi connectivity index (χ1) is 15.7. The number of ether oxygens (including phenoxy) is 1. The van der Waals surface area contributed by atoms with E-state index in [0.29, 0.717) is 10.9 Å². The van der Waals surface area contributed by atoms with Crippen molar-refractivity contribution in [3.63, 3.8) is 0 Å². The summed E-state index contributed by atoms with van der Waals surface area (Å²) in [6, 6.07) is 6.16. The Morgan fingerprint density at radius 3 is 2.81 bits per heavy atom. The van der Waals surface area contributed by atoms with E-state index in [1.54, 1.807) is 18.0 Å². The Morgan fingerprint density at radius 2 is 1.97 bits per heavy atom. The molecule has 0 bridgehead atoms. The van der Waals surface area contributed by atoms with E-state index in [-0.39, 0.29) is 17.9 Å². The third-order valence-electron chi connectivity index (χ3n) is 5.92. The number of nitrogens with one attached hydrogen (secondary N) is 1. The number of fused-ring (bicyclic) bond motifs is 2. The average molecular weight is 466 g/mol. The second-order valence-corrected chi connectivity index (χ2v) is 10.6. The van der Waals surface area contributed by atoms with Crippen LogP contribution in [0.25, 0.3) is 16.0 Å². The predicted molar refractivity (Wildman–Crippen MR) is 126 cm³/mol. The Balaban J connectivity index is 1.22. The van der Waals surface area contributed by atoms with Gasteiger partial charge in [-0.2, -0.15) is 0 Å². The van der Waals surface area contributed by atoms with Crippen molar-refractivity contribution in [2.75, 3.05) is 5.32 Å². The fraction of sp³-hybridized carbons (Fsp3) is 0.391. The summed E-state index contributed by atoms with van der Waals surface area (Å²) in [6.07, 6.45) is 13.9. The number of imidazole rings is 1. The molecule has 0 atom stereocenters. The molecule has 2 aliphatic carbocycles. The van der Waals surface area contributed by atoms with Gasteiger partial charge in [0.05, 0.1) is 34.9 Å². The minimum Gasteiger partial charge on any atom is -0.487 e. The highest BCUT2D eigenvalue weighted by Crippen LogP contribution is 2.35. The lowest BCUT2D eigenvalue weighted by Crippen LogP contribution is -2.19. The molecule has 0 unspecified atom stereocenters. The number of anilines is 1. The summed E-state index contributed by atoms with van der Waals surface area (Å²) in [5.41, 5.74) is 0.897. The SMILES string of the molecule is O=C(Nc1nc2ccc(Sc3cnc4ncc(OC5CCCCC5)cn34)cc2s1)C1CC1. The first kappa shape index (κ1) is 20.0. The second kappa shape index (κ2) is 8.37. The van der Waals surface area contributed by atoms with E-state index >= 15 is 0 Å². The van der Waals surface area contributed by atoms with Crippen LogP contribution >= 0.6 is 23.1 Å². The van der Waals surface area contributed by atoms with Gasteiger partial charge in [0, 0.05) is 10.8 Å². The number of carbonyl (C=O) groups excluding carboxylic acids is 1. The van der Waals surface area contributed by atoms with Crippen molar-refractivity contribution in [1.82, 2.24) is 19.4 Å². The maximum Gasteiger partial charge on any atom is 0.234 e. The minimum atomic E-state index is 0.0862. The van der Waals surface area contributed by atoms with Crippen LogP contribution in [0.15, 0.2) is 46.7 Å². The normalized spacial score (nSPS) is 17.1. The smallest absolute Gasteiger partial charge is 0.234 e. The zero-order valence-electron chi connectivity index (χ0n) is 17.5. The molecular weight excluding hydrogens is 442 g/mol. The highest BCUT2D eigenvalue weighted by molar-refractivity contribution is 7.99. The van der Waals surface area contributed by atoms with Crippen molar-refractivity contribution in [2.45, 2.75) is 61.0 Å². The third-order valence-corrected chi connectivity index (χ3v) is 7.86. The Labute approximate surface area is 193 Å². The number of hydrogen-bond acceptors (Lipinski definition) is 7. The van der Waals surface area contributed by atoms with Gasteiger partial charge in [-0.25, -0.2) is 15.0 Å². The van der Waals surface area contributed by atoms with E-state index in [1.165, 1.54) is 30.6 Å². The van der Waals surface area contributed by atoms with Crippen molar-refractivity contribution in [1.29, 1.82) is 0 Å². The number of nitrogens with zero attached hydrogens (tertiary/aromatic N) is 4. The summed E-state index contributed by atoms with van der Waals surface area (Å²) in [6.45, 7) is 0. The van der Waals surface area contributed by atoms with Gasteiger partial charge >= 0.3 is 0 Å². The monoisotopic (exact) mass is 465 g/mol. The topological polar surface area (TPSA) is 81.4 Å². The molecular formula is C23H23N5O2S2. The lowest BCUT2D eigenvalue weighted by atomic mass is 9.98. The fourth-order valence-corrected chi connectivity index (χ4v) is 5.92. The van der Waals surface area contributed by atoms with E-state index in [9.17, 15) is 4.79 Å². The van der Waals surface area contributed by atoms with Gasteiger partial charge in [-0.15, -0.1) is 0 Å². The van der Waals surface area contributed by atoms with E-state index in [0.717, 1.165) is 51.6 Å². The van der Waals surface area contributed by atoms with Gasteiger partial charge in [0.2, 0.25) is 11.7 Å². The molecule has 1 N–H and O–H groups in total. The van der Waals surface area contributed by atoms with Crippen LogP contribution in [-0.4, -0.2) is 31.4 Å². The Hall–Kier alpha value is -2.65. The summed E-state index contributed by atoms with van der Waals surface area (Å²) in [5, 5.41) is 4.60. The number of aromatic nitrogens is 4. The van der Waals surface area contributed by atoms with Crippen molar-refractivity contribution >= 4 is 50.1 Å². The number of thiazole rings is 1. The summed E-state index contributed by atoms with van der Waals surface area (Å²) in [4.78, 5) is 26.6. The number of amides is 1. The van der Waals surface area contributed by atoms with Crippen LogP contribution in [0.3, 0.4) is 0 Å². The molecule has 0 spiro atoms. The standard InChI is InChI=1S/C23H23N5O2S2/c29-21(14-6-7-14)27-23-26-18-9-8-17(10-19(18)32-23)31-20-12-25-22-24-11-16(13-28(20)22)30-15-4-2-1-3-5-15/h8-15H,1-7H2,(H,26,27,29). The van der Waals surface area contributed by atoms with E-state index < -0.39 is 0 Å². The number of hydrogen-bond donors (Lipinski definition) is 1. The van der Waals surface area contributed by atoms with Crippen LogP contribution in [0.2, 0.25) is 0 Å². The van der Waals surface area contributed by atoms with Crippen molar-refractivity contribution < 1.29 is 9.53 Å². The Morgan fingerprint density at radius 1 is 1.12 bits per heavy atom. The molecule has 9 heteroatoms. The first-order valence-electron chi connectivity index (χ1n) is 11.1. The first-order valence-corrected chi connectivity index (χ1v) is 12.7. The fourth-order valence-electron chi connectivity index (χ4n) is 4.04. The molecule has 164 valence electrons. The molecule has 2 fully saturated rings. The van der Waals surface area contributed by atoms with Crippen LogP contribution in [-0.2, 0) is 4.79 Å². The van der Waals surface area contributed by atoms with E-state index in [1.807, 2.05) is 22.9 Å². The van der Waals surface area contributed by atoms with Gasteiger partial charge in [-0.3, -0.25) is 9.20 Å². The number of rotatable bonds is 6. The third kappa shape index (κ3) is 4.19. The maximum atomic E-state index is 12.0. The zero-order chi connectivity index (χ0) is 21.5. The van der Waals surface area contributed by atoms with Crippen LogP contribution in [0, 0.1) is 5.92 Å². The van der Waals surface area contributed by atoms with Gasteiger partial charge in [-0.1, -0.05) is 29.5 Å².